The van der Waals surface area contributed by atoms with Crippen LogP contribution in [0.3, 0.4) is 0 Å². The van der Waals surface area contributed by atoms with E-state index in [1.54, 1.807) is 31.3 Å². The Morgan fingerprint density at radius 3 is 2.17 bits per heavy atom. The molecule has 0 heterocycles. The highest BCUT2D eigenvalue weighted by atomic mass is 16.5. The molecule has 0 fully saturated rings. The van der Waals surface area contributed by atoms with Crippen LogP contribution in [0.15, 0.2) is 24.3 Å². The van der Waals surface area contributed by atoms with Crippen molar-refractivity contribution in [2.24, 2.45) is 0 Å². The summed E-state index contributed by atoms with van der Waals surface area (Å²) in [5.74, 6) is -0.0574. The van der Waals surface area contributed by atoms with Gasteiger partial charge in [0.1, 0.15) is 0 Å². The van der Waals surface area contributed by atoms with Crippen LogP contribution in [0.4, 0.5) is 16.2 Å². The summed E-state index contributed by atoms with van der Waals surface area (Å²) >= 11 is 0. The predicted octanol–water partition coefficient (Wildman–Crippen LogP) is 1.41. The van der Waals surface area contributed by atoms with Crippen LogP contribution in [0.2, 0.25) is 0 Å². The van der Waals surface area contributed by atoms with Gasteiger partial charge in [-0.2, -0.15) is 0 Å². The first-order valence-corrected chi connectivity index (χ1v) is 5.55. The molecular weight excluding hydrogens is 234 g/mol. The molecule has 6 heteroatoms. The van der Waals surface area contributed by atoms with Crippen LogP contribution in [0.25, 0.3) is 0 Å². The fourth-order valence-electron chi connectivity index (χ4n) is 1.27. The van der Waals surface area contributed by atoms with E-state index in [9.17, 15) is 9.59 Å². The van der Waals surface area contributed by atoms with Crippen molar-refractivity contribution < 1.29 is 14.3 Å². The van der Waals surface area contributed by atoms with E-state index in [0.29, 0.717) is 24.3 Å². The first-order chi connectivity index (χ1) is 8.65. The Morgan fingerprint density at radius 2 is 1.67 bits per heavy atom. The molecule has 0 aromatic heterocycles. The SMILES string of the molecule is CNCCC(=O)Nc1ccc(NC(=O)OC)cc1. The molecule has 0 bridgehead atoms. The molecule has 3 N–H and O–H groups in total. The monoisotopic (exact) mass is 251 g/mol. The van der Waals surface area contributed by atoms with Crippen molar-refractivity contribution in [3.63, 3.8) is 0 Å². The molecule has 1 rings (SSSR count). The van der Waals surface area contributed by atoms with Gasteiger partial charge < -0.3 is 15.4 Å². The Bertz CT molecular complexity index is 404. The van der Waals surface area contributed by atoms with Crippen molar-refractivity contribution in [2.45, 2.75) is 6.42 Å². The zero-order valence-corrected chi connectivity index (χ0v) is 10.4. The van der Waals surface area contributed by atoms with Gasteiger partial charge in [0.2, 0.25) is 5.91 Å². The van der Waals surface area contributed by atoms with E-state index in [4.69, 9.17) is 0 Å². The molecule has 0 atom stereocenters. The number of hydrogen-bond acceptors (Lipinski definition) is 4. The van der Waals surface area contributed by atoms with Crippen LogP contribution in [-0.2, 0) is 9.53 Å². The zero-order valence-electron chi connectivity index (χ0n) is 10.4. The highest BCUT2D eigenvalue weighted by molar-refractivity contribution is 5.91. The smallest absolute Gasteiger partial charge is 0.411 e. The summed E-state index contributed by atoms with van der Waals surface area (Å²) in [5, 5.41) is 8.17. The largest absolute Gasteiger partial charge is 0.453 e. The van der Waals surface area contributed by atoms with Crippen molar-refractivity contribution in [1.29, 1.82) is 0 Å². The van der Waals surface area contributed by atoms with E-state index in [2.05, 4.69) is 20.7 Å². The summed E-state index contributed by atoms with van der Waals surface area (Å²) < 4.78 is 4.47. The number of benzene rings is 1. The normalized spacial score (nSPS) is 9.67. The number of carbonyl (C=O) groups is 2. The van der Waals surface area contributed by atoms with Crippen LogP contribution >= 0.6 is 0 Å². The Labute approximate surface area is 106 Å². The van der Waals surface area contributed by atoms with Crippen LogP contribution in [0.5, 0.6) is 0 Å². The van der Waals surface area contributed by atoms with E-state index in [1.165, 1.54) is 7.11 Å². The Morgan fingerprint density at radius 1 is 1.11 bits per heavy atom. The van der Waals surface area contributed by atoms with Crippen molar-refractivity contribution in [3.8, 4) is 0 Å². The van der Waals surface area contributed by atoms with Crippen LogP contribution < -0.4 is 16.0 Å². The third-order valence-electron chi connectivity index (χ3n) is 2.20. The van der Waals surface area contributed by atoms with Gasteiger partial charge >= 0.3 is 6.09 Å². The number of hydrogen-bond donors (Lipinski definition) is 3. The molecule has 0 aliphatic heterocycles. The van der Waals surface area contributed by atoms with E-state index in [0.717, 1.165) is 0 Å². The van der Waals surface area contributed by atoms with Crippen molar-refractivity contribution in [1.82, 2.24) is 5.32 Å². The number of rotatable bonds is 5. The molecule has 2 amide bonds. The average molecular weight is 251 g/mol. The number of methoxy groups -OCH3 is 1. The van der Waals surface area contributed by atoms with Gasteiger partial charge in [-0.1, -0.05) is 0 Å². The second-order valence-corrected chi connectivity index (χ2v) is 3.60. The quantitative estimate of drug-likeness (QED) is 0.739. The second-order valence-electron chi connectivity index (χ2n) is 3.60. The zero-order chi connectivity index (χ0) is 13.4. The minimum atomic E-state index is -0.527. The maximum Gasteiger partial charge on any atom is 0.411 e. The number of amides is 2. The van der Waals surface area contributed by atoms with Crippen molar-refractivity contribution in [3.05, 3.63) is 24.3 Å². The van der Waals surface area contributed by atoms with Gasteiger partial charge in [-0.15, -0.1) is 0 Å². The minimum absolute atomic E-state index is 0.0574. The van der Waals surface area contributed by atoms with Gasteiger partial charge in [-0.25, -0.2) is 4.79 Å². The molecule has 0 saturated carbocycles. The van der Waals surface area contributed by atoms with Crippen LogP contribution in [0.1, 0.15) is 6.42 Å². The van der Waals surface area contributed by atoms with Crippen LogP contribution in [0, 0.1) is 0 Å². The Hall–Kier alpha value is -2.08. The Balaban J connectivity index is 2.49. The van der Waals surface area contributed by atoms with Gasteiger partial charge in [-0.3, -0.25) is 10.1 Å². The van der Waals surface area contributed by atoms with E-state index in [-0.39, 0.29) is 5.91 Å². The average Bonchev–Trinajstić information content (AvgIpc) is 2.38. The molecule has 1 aromatic rings. The van der Waals surface area contributed by atoms with Crippen molar-refractivity contribution >= 4 is 23.4 Å². The number of carbonyl (C=O) groups excluding carboxylic acids is 2. The molecule has 0 spiro atoms. The maximum atomic E-state index is 11.4. The van der Waals surface area contributed by atoms with Crippen molar-refractivity contribution in [2.75, 3.05) is 31.3 Å². The highest BCUT2D eigenvalue weighted by Crippen LogP contribution is 2.13. The summed E-state index contributed by atoms with van der Waals surface area (Å²) in [7, 11) is 3.09. The highest BCUT2D eigenvalue weighted by Gasteiger charge is 2.03. The topological polar surface area (TPSA) is 79.5 Å². The molecule has 0 aliphatic carbocycles. The van der Waals surface area contributed by atoms with E-state index < -0.39 is 6.09 Å². The predicted molar refractivity (Wildman–Crippen MR) is 69.6 cm³/mol. The molecule has 18 heavy (non-hydrogen) atoms. The molecule has 0 unspecified atom stereocenters. The van der Waals surface area contributed by atoms with Gasteiger partial charge in [0, 0.05) is 24.3 Å². The van der Waals surface area contributed by atoms with Gasteiger partial charge in [0.05, 0.1) is 7.11 Å². The third-order valence-corrected chi connectivity index (χ3v) is 2.20. The lowest BCUT2D eigenvalue weighted by Crippen LogP contribution is -2.18. The fourth-order valence-corrected chi connectivity index (χ4v) is 1.27. The number of anilines is 2. The standard InChI is InChI=1S/C12H17N3O3/c1-13-8-7-11(16)14-9-3-5-10(6-4-9)15-12(17)18-2/h3-6,13H,7-8H2,1-2H3,(H,14,16)(H,15,17). The van der Waals surface area contributed by atoms with Gasteiger partial charge in [-0.05, 0) is 31.3 Å². The lowest BCUT2D eigenvalue weighted by molar-refractivity contribution is -0.116. The number of nitrogens with one attached hydrogen (secondary N) is 3. The summed E-state index contributed by atoms with van der Waals surface area (Å²) in [4.78, 5) is 22.4. The molecule has 0 radical (unpaired) electrons. The minimum Gasteiger partial charge on any atom is -0.453 e. The molecular formula is C12H17N3O3. The first-order valence-electron chi connectivity index (χ1n) is 5.55. The second kappa shape index (κ2) is 7.29. The molecule has 6 nitrogen and oxygen atoms in total. The molecule has 0 saturated heterocycles. The molecule has 1 aromatic carbocycles. The summed E-state index contributed by atoms with van der Waals surface area (Å²) in [6.07, 6.45) is -0.112. The molecule has 98 valence electrons. The summed E-state index contributed by atoms with van der Waals surface area (Å²) in [5.41, 5.74) is 1.29. The fraction of sp³-hybridized carbons (Fsp3) is 0.333. The van der Waals surface area contributed by atoms with Gasteiger partial charge in [0.15, 0.2) is 0 Å². The summed E-state index contributed by atoms with van der Waals surface area (Å²) in [6.45, 7) is 0.633. The first kappa shape index (κ1) is 14.0. The van der Waals surface area contributed by atoms with E-state index in [1.807, 2.05) is 0 Å². The van der Waals surface area contributed by atoms with Gasteiger partial charge in [0.25, 0.3) is 0 Å². The lowest BCUT2D eigenvalue weighted by atomic mass is 10.2. The third kappa shape index (κ3) is 4.84. The van der Waals surface area contributed by atoms with E-state index >= 15 is 0 Å². The maximum absolute atomic E-state index is 11.4. The molecule has 0 aliphatic rings. The van der Waals surface area contributed by atoms with Crippen LogP contribution in [-0.4, -0.2) is 32.7 Å². The summed E-state index contributed by atoms with van der Waals surface area (Å²) in [6, 6.07) is 6.79. The lowest BCUT2D eigenvalue weighted by Gasteiger charge is -2.07. The Kier molecular flexibility index (Phi) is 5.66. The number of ether oxygens (including phenoxy) is 1.